The van der Waals surface area contributed by atoms with Gasteiger partial charge in [0.2, 0.25) is 0 Å². The zero-order valence-corrected chi connectivity index (χ0v) is 15.4. The third kappa shape index (κ3) is 5.79. The Labute approximate surface area is 152 Å². The van der Waals surface area contributed by atoms with Gasteiger partial charge < -0.3 is 19.9 Å². The molecular formula is C18H26F3N3O2. The number of carbonyl (C=O) groups excluding carboxylic acids is 1. The largest absolute Gasteiger partial charge is 0.411 e. The Morgan fingerprint density at radius 2 is 1.88 bits per heavy atom. The molecule has 0 saturated carbocycles. The van der Waals surface area contributed by atoms with Crippen LogP contribution in [0.1, 0.15) is 18.1 Å². The molecule has 26 heavy (non-hydrogen) atoms. The molecule has 1 unspecified atom stereocenters. The summed E-state index contributed by atoms with van der Waals surface area (Å²) in [5, 5.41) is 2.69. The zero-order valence-electron chi connectivity index (χ0n) is 15.4. The van der Waals surface area contributed by atoms with Gasteiger partial charge in [-0.15, -0.1) is 0 Å². The number of alkyl halides is 3. The summed E-state index contributed by atoms with van der Waals surface area (Å²) in [6.45, 7) is 6.88. The fourth-order valence-electron chi connectivity index (χ4n) is 2.92. The number of halogens is 3. The topological polar surface area (TPSA) is 44.8 Å². The Kier molecular flexibility index (Phi) is 6.75. The molecule has 0 aromatic heterocycles. The molecule has 0 bridgehead atoms. The summed E-state index contributed by atoms with van der Waals surface area (Å²) in [6, 6.07) is 5.43. The van der Waals surface area contributed by atoms with Gasteiger partial charge in [-0.1, -0.05) is 12.1 Å². The second kappa shape index (κ2) is 8.62. The quantitative estimate of drug-likeness (QED) is 0.863. The highest BCUT2D eigenvalue weighted by Gasteiger charge is 2.28. The van der Waals surface area contributed by atoms with E-state index in [0.29, 0.717) is 13.1 Å². The Hall–Kier alpha value is -1.96. The maximum absolute atomic E-state index is 12.3. The lowest BCUT2D eigenvalue weighted by Crippen LogP contribution is -2.53. The van der Waals surface area contributed by atoms with Crippen LogP contribution in [0.3, 0.4) is 0 Å². The number of ether oxygens (including phenoxy) is 1. The second-order valence-corrected chi connectivity index (χ2v) is 6.67. The Morgan fingerprint density at radius 1 is 1.23 bits per heavy atom. The van der Waals surface area contributed by atoms with Crippen LogP contribution in [0.15, 0.2) is 18.2 Å². The van der Waals surface area contributed by atoms with Crippen molar-refractivity contribution in [1.82, 2.24) is 10.2 Å². The molecule has 8 heteroatoms. The summed E-state index contributed by atoms with van der Waals surface area (Å²) in [5.41, 5.74) is 3.65. The summed E-state index contributed by atoms with van der Waals surface area (Å²) in [7, 11) is 0. The molecule has 1 atom stereocenters. The summed E-state index contributed by atoms with van der Waals surface area (Å²) >= 11 is 0. The van der Waals surface area contributed by atoms with Gasteiger partial charge in [0.15, 0.2) is 0 Å². The minimum absolute atomic E-state index is 0.173. The van der Waals surface area contributed by atoms with Crippen molar-refractivity contribution in [2.45, 2.75) is 33.0 Å². The summed E-state index contributed by atoms with van der Waals surface area (Å²) < 4.78 is 40.8. The third-order valence-electron chi connectivity index (χ3n) is 4.49. The van der Waals surface area contributed by atoms with Crippen LogP contribution in [-0.2, 0) is 4.74 Å². The first-order chi connectivity index (χ1) is 12.2. The Bertz CT molecular complexity index is 614. The van der Waals surface area contributed by atoms with E-state index in [4.69, 9.17) is 0 Å². The Morgan fingerprint density at radius 3 is 2.50 bits per heavy atom. The van der Waals surface area contributed by atoms with Crippen molar-refractivity contribution in [3.8, 4) is 0 Å². The van der Waals surface area contributed by atoms with Gasteiger partial charge in [-0.25, -0.2) is 4.79 Å². The summed E-state index contributed by atoms with van der Waals surface area (Å²) in [4.78, 5) is 16.2. The molecule has 1 aromatic carbocycles. The van der Waals surface area contributed by atoms with Crippen molar-refractivity contribution in [1.29, 1.82) is 0 Å². The van der Waals surface area contributed by atoms with Gasteiger partial charge >= 0.3 is 12.2 Å². The molecule has 1 aromatic rings. The van der Waals surface area contributed by atoms with Crippen molar-refractivity contribution < 1.29 is 22.7 Å². The SMILES string of the molecule is Cc1cccc(N2CCN(C(=O)NC(C)COCC(F)(F)F)CC2)c1C. The van der Waals surface area contributed by atoms with Crippen molar-refractivity contribution in [2.75, 3.05) is 44.3 Å². The van der Waals surface area contributed by atoms with Gasteiger partial charge in [0.25, 0.3) is 0 Å². The number of nitrogens with zero attached hydrogens (tertiary/aromatic N) is 2. The number of anilines is 1. The molecular weight excluding hydrogens is 347 g/mol. The number of urea groups is 1. The van der Waals surface area contributed by atoms with E-state index >= 15 is 0 Å². The van der Waals surface area contributed by atoms with Crippen LogP contribution in [0, 0.1) is 13.8 Å². The zero-order chi connectivity index (χ0) is 19.3. The lowest BCUT2D eigenvalue weighted by molar-refractivity contribution is -0.174. The minimum Gasteiger partial charge on any atom is -0.370 e. The van der Waals surface area contributed by atoms with Crippen LogP contribution in [-0.4, -0.2) is 62.5 Å². The van der Waals surface area contributed by atoms with Gasteiger partial charge in [0.05, 0.1) is 12.6 Å². The maximum atomic E-state index is 12.3. The van der Waals surface area contributed by atoms with Crippen LogP contribution in [0.2, 0.25) is 0 Å². The fraction of sp³-hybridized carbons (Fsp3) is 0.611. The van der Waals surface area contributed by atoms with Gasteiger partial charge in [0, 0.05) is 31.9 Å². The van der Waals surface area contributed by atoms with Crippen molar-refractivity contribution in [3.05, 3.63) is 29.3 Å². The second-order valence-electron chi connectivity index (χ2n) is 6.67. The predicted octanol–water partition coefficient (Wildman–Crippen LogP) is 3.10. The number of hydrogen-bond donors (Lipinski definition) is 1. The molecule has 1 heterocycles. The first-order valence-electron chi connectivity index (χ1n) is 8.68. The summed E-state index contributed by atoms with van der Waals surface area (Å²) in [5.74, 6) is 0. The van der Waals surface area contributed by atoms with Crippen molar-refractivity contribution in [2.24, 2.45) is 0 Å². The molecule has 1 aliphatic heterocycles. The molecule has 0 aliphatic carbocycles. The number of carbonyl (C=O) groups is 1. The molecule has 0 radical (unpaired) electrons. The number of rotatable bonds is 5. The van der Waals surface area contributed by atoms with E-state index in [0.717, 1.165) is 13.1 Å². The third-order valence-corrected chi connectivity index (χ3v) is 4.49. The van der Waals surface area contributed by atoms with E-state index in [1.165, 1.54) is 16.8 Å². The highest BCUT2D eigenvalue weighted by molar-refractivity contribution is 5.75. The van der Waals surface area contributed by atoms with E-state index in [-0.39, 0.29) is 12.6 Å². The number of nitrogens with one attached hydrogen (secondary N) is 1. The number of aryl methyl sites for hydroxylation is 1. The van der Waals surface area contributed by atoms with Crippen LogP contribution < -0.4 is 10.2 Å². The predicted molar refractivity (Wildman–Crippen MR) is 94.6 cm³/mol. The molecule has 1 saturated heterocycles. The van der Waals surface area contributed by atoms with E-state index < -0.39 is 18.8 Å². The maximum Gasteiger partial charge on any atom is 0.411 e. The summed E-state index contributed by atoms with van der Waals surface area (Å²) in [6.07, 6.45) is -4.35. The average Bonchev–Trinajstić information content (AvgIpc) is 2.56. The highest BCUT2D eigenvalue weighted by Crippen LogP contribution is 2.23. The van der Waals surface area contributed by atoms with E-state index in [1.807, 2.05) is 6.07 Å². The number of benzene rings is 1. The van der Waals surface area contributed by atoms with Crippen molar-refractivity contribution >= 4 is 11.7 Å². The lowest BCUT2D eigenvalue weighted by Gasteiger charge is -2.37. The molecule has 2 amide bonds. The highest BCUT2D eigenvalue weighted by atomic mass is 19.4. The molecule has 5 nitrogen and oxygen atoms in total. The van der Waals surface area contributed by atoms with Crippen molar-refractivity contribution in [3.63, 3.8) is 0 Å². The van der Waals surface area contributed by atoms with E-state index in [1.54, 1.807) is 11.8 Å². The Balaban J connectivity index is 1.78. The number of amides is 2. The smallest absolute Gasteiger partial charge is 0.370 e. The average molecular weight is 373 g/mol. The molecule has 1 aliphatic rings. The number of hydrogen-bond acceptors (Lipinski definition) is 3. The van der Waals surface area contributed by atoms with Gasteiger partial charge in [0.1, 0.15) is 6.61 Å². The van der Waals surface area contributed by atoms with Gasteiger partial charge in [-0.2, -0.15) is 13.2 Å². The molecule has 2 rings (SSSR count). The van der Waals surface area contributed by atoms with Crippen LogP contribution in [0.25, 0.3) is 0 Å². The van der Waals surface area contributed by atoms with E-state index in [2.05, 4.69) is 40.9 Å². The molecule has 1 N–H and O–H groups in total. The monoisotopic (exact) mass is 373 g/mol. The van der Waals surface area contributed by atoms with Crippen LogP contribution in [0.5, 0.6) is 0 Å². The molecule has 1 fully saturated rings. The van der Waals surface area contributed by atoms with Crippen LogP contribution in [0.4, 0.5) is 23.7 Å². The van der Waals surface area contributed by atoms with Crippen LogP contribution >= 0.6 is 0 Å². The normalized spacial score (nSPS) is 16.5. The van der Waals surface area contributed by atoms with Gasteiger partial charge in [-0.05, 0) is 38.0 Å². The number of piperazine rings is 1. The minimum atomic E-state index is -4.35. The standard InChI is InChI=1S/C18H26F3N3O2/c1-13-5-4-6-16(15(13)3)23-7-9-24(10-8-23)17(25)22-14(2)11-26-12-18(19,20)21/h4-6,14H,7-12H2,1-3H3,(H,22,25). The first kappa shape index (κ1) is 20.4. The first-order valence-corrected chi connectivity index (χ1v) is 8.68. The lowest BCUT2D eigenvalue weighted by atomic mass is 10.1. The fourth-order valence-corrected chi connectivity index (χ4v) is 2.92. The van der Waals surface area contributed by atoms with Gasteiger partial charge in [-0.3, -0.25) is 0 Å². The molecule has 0 spiro atoms. The molecule has 146 valence electrons. The van der Waals surface area contributed by atoms with E-state index in [9.17, 15) is 18.0 Å².